The van der Waals surface area contributed by atoms with Gasteiger partial charge < -0.3 is 14.8 Å². The van der Waals surface area contributed by atoms with Crippen LogP contribution in [0.25, 0.3) is 0 Å². The van der Waals surface area contributed by atoms with E-state index in [2.05, 4.69) is 30.4 Å². The molecule has 0 aliphatic heterocycles. The molecule has 3 heteroatoms. The van der Waals surface area contributed by atoms with E-state index in [9.17, 15) is 0 Å². The summed E-state index contributed by atoms with van der Waals surface area (Å²) in [7, 11) is 3.41. The highest BCUT2D eigenvalue weighted by molar-refractivity contribution is 5.36. The number of hydrogen-bond donors (Lipinski definition) is 1. The molecule has 112 valence electrons. The molecule has 0 aliphatic rings. The van der Waals surface area contributed by atoms with E-state index in [0.717, 1.165) is 24.5 Å². The molecular formula is C18H23NO2. The maximum atomic E-state index is 5.46. The summed E-state index contributed by atoms with van der Waals surface area (Å²) < 4.78 is 10.7. The second-order valence-corrected chi connectivity index (χ2v) is 4.94. The second kappa shape index (κ2) is 7.70. The van der Waals surface area contributed by atoms with E-state index in [4.69, 9.17) is 9.47 Å². The number of para-hydroxylation sites is 1. The molecule has 0 aromatic heterocycles. The van der Waals surface area contributed by atoms with Crippen LogP contribution in [0.1, 0.15) is 30.5 Å². The standard InChI is InChI=1S/C18H23NO2/c1-4-17(16-10-5-6-11-18(16)21-3)19-13-14-8-7-9-15(12-14)20-2/h5-12,17,19H,4,13H2,1-3H3. The van der Waals surface area contributed by atoms with Crippen molar-refractivity contribution in [2.45, 2.75) is 25.9 Å². The van der Waals surface area contributed by atoms with Crippen molar-refractivity contribution >= 4 is 0 Å². The molecule has 1 atom stereocenters. The van der Waals surface area contributed by atoms with Crippen LogP contribution in [-0.2, 0) is 6.54 Å². The van der Waals surface area contributed by atoms with Crippen LogP contribution in [0, 0.1) is 0 Å². The van der Waals surface area contributed by atoms with Crippen molar-refractivity contribution in [3.05, 3.63) is 59.7 Å². The lowest BCUT2D eigenvalue weighted by Crippen LogP contribution is -2.20. The van der Waals surface area contributed by atoms with Crippen LogP contribution >= 0.6 is 0 Å². The van der Waals surface area contributed by atoms with Gasteiger partial charge in [-0.3, -0.25) is 0 Å². The Hall–Kier alpha value is -2.00. The van der Waals surface area contributed by atoms with E-state index in [1.165, 1.54) is 11.1 Å². The molecule has 1 unspecified atom stereocenters. The van der Waals surface area contributed by atoms with E-state index in [1.54, 1.807) is 14.2 Å². The van der Waals surface area contributed by atoms with E-state index >= 15 is 0 Å². The zero-order valence-electron chi connectivity index (χ0n) is 12.9. The summed E-state index contributed by atoms with van der Waals surface area (Å²) in [5, 5.41) is 3.59. The van der Waals surface area contributed by atoms with E-state index in [0.29, 0.717) is 0 Å². The third kappa shape index (κ3) is 3.99. The number of methoxy groups -OCH3 is 2. The van der Waals surface area contributed by atoms with Gasteiger partial charge in [0.1, 0.15) is 11.5 Å². The highest BCUT2D eigenvalue weighted by Gasteiger charge is 2.13. The fraction of sp³-hybridized carbons (Fsp3) is 0.333. The number of hydrogen-bond acceptors (Lipinski definition) is 3. The van der Waals surface area contributed by atoms with Crippen LogP contribution in [0.15, 0.2) is 48.5 Å². The Labute approximate surface area is 126 Å². The van der Waals surface area contributed by atoms with Crippen LogP contribution in [-0.4, -0.2) is 14.2 Å². The van der Waals surface area contributed by atoms with Crippen molar-refractivity contribution in [2.24, 2.45) is 0 Å². The van der Waals surface area contributed by atoms with Gasteiger partial charge in [-0.05, 0) is 30.2 Å². The van der Waals surface area contributed by atoms with E-state index in [1.807, 2.05) is 30.3 Å². The largest absolute Gasteiger partial charge is 0.497 e. The molecule has 0 saturated carbocycles. The van der Waals surface area contributed by atoms with Gasteiger partial charge >= 0.3 is 0 Å². The highest BCUT2D eigenvalue weighted by atomic mass is 16.5. The van der Waals surface area contributed by atoms with Gasteiger partial charge in [0.2, 0.25) is 0 Å². The molecule has 2 rings (SSSR count). The Balaban J connectivity index is 2.08. The number of nitrogens with one attached hydrogen (secondary N) is 1. The summed E-state index contributed by atoms with van der Waals surface area (Å²) in [4.78, 5) is 0. The van der Waals surface area contributed by atoms with Gasteiger partial charge in [-0.2, -0.15) is 0 Å². The average Bonchev–Trinajstić information content (AvgIpc) is 2.56. The van der Waals surface area contributed by atoms with Crippen molar-refractivity contribution in [3.63, 3.8) is 0 Å². The number of benzene rings is 2. The molecule has 0 aliphatic carbocycles. The van der Waals surface area contributed by atoms with Crippen LogP contribution in [0.2, 0.25) is 0 Å². The third-order valence-corrected chi connectivity index (χ3v) is 3.61. The molecule has 0 heterocycles. The SMILES string of the molecule is CCC(NCc1cccc(OC)c1)c1ccccc1OC. The summed E-state index contributed by atoms with van der Waals surface area (Å²) in [5.74, 6) is 1.82. The summed E-state index contributed by atoms with van der Waals surface area (Å²) in [6.07, 6.45) is 1.00. The van der Waals surface area contributed by atoms with Crippen LogP contribution in [0.5, 0.6) is 11.5 Å². The third-order valence-electron chi connectivity index (χ3n) is 3.61. The molecule has 1 N–H and O–H groups in total. The predicted octanol–water partition coefficient (Wildman–Crippen LogP) is 3.94. The number of ether oxygens (including phenoxy) is 2. The van der Waals surface area contributed by atoms with E-state index < -0.39 is 0 Å². The normalized spacial score (nSPS) is 12.0. The Bertz CT molecular complexity index is 569. The van der Waals surface area contributed by atoms with Gasteiger partial charge in [0.15, 0.2) is 0 Å². The van der Waals surface area contributed by atoms with Crippen molar-refractivity contribution in [2.75, 3.05) is 14.2 Å². The van der Waals surface area contributed by atoms with Gasteiger partial charge in [-0.1, -0.05) is 37.3 Å². The Morgan fingerprint density at radius 1 is 1.00 bits per heavy atom. The zero-order chi connectivity index (χ0) is 15.1. The fourth-order valence-electron chi connectivity index (χ4n) is 2.45. The molecule has 0 fully saturated rings. The summed E-state index contributed by atoms with van der Waals surface area (Å²) in [5.41, 5.74) is 2.41. The zero-order valence-corrected chi connectivity index (χ0v) is 12.9. The van der Waals surface area contributed by atoms with Crippen LogP contribution < -0.4 is 14.8 Å². The predicted molar refractivity (Wildman–Crippen MR) is 85.9 cm³/mol. The Morgan fingerprint density at radius 2 is 1.81 bits per heavy atom. The lowest BCUT2D eigenvalue weighted by molar-refractivity contribution is 0.396. The molecule has 2 aromatic carbocycles. The van der Waals surface area contributed by atoms with Crippen molar-refractivity contribution in [1.29, 1.82) is 0 Å². The molecule has 0 radical (unpaired) electrons. The smallest absolute Gasteiger partial charge is 0.123 e. The van der Waals surface area contributed by atoms with Crippen molar-refractivity contribution in [3.8, 4) is 11.5 Å². The molecule has 21 heavy (non-hydrogen) atoms. The topological polar surface area (TPSA) is 30.5 Å². The van der Waals surface area contributed by atoms with Crippen LogP contribution in [0.4, 0.5) is 0 Å². The fourth-order valence-corrected chi connectivity index (χ4v) is 2.45. The van der Waals surface area contributed by atoms with E-state index in [-0.39, 0.29) is 6.04 Å². The summed E-state index contributed by atoms with van der Waals surface area (Å²) >= 11 is 0. The lowest BCUT2D eigenvalue weighted by atomic mass is 10.0. The quantitative estimate of drug-likeness (QED) is 0.835. The minimum Gasteiger partial charge on any atom is -0.497 e. The summed E-state index contributed by atoms with van der Waals surface area (Å²) in [6, 6.07) is 16.6. The first-order valence-electron chi connectivity index (χ1n) is 7.27. The first kappa shape index (κ1) is 15.4. The van der Waals surface area contributed by atoms with Gasteiger partial charge in [-0.15, -0.1) is 0 Å². The molecule has 0 amide bonds. The molecule has 0 bridgehead atoms. The molecule has 2 aromatic rings. The minimum absolute atomic E-state index is 0.271. The highest BCUT2D eigenvalue weighted by Crippen LogP contribution is 2.27. The summed E-state index contributed by atoms with van der Waals surface area (Å²) in [6.45, 7) is 2.98. The van der Waals surface area contributed by atoms with Crippen molar-refractivity contribution in [1.82, 2.24) is 5.32 Å². The van der Waals surface area contributed by atoms with Crippen LogP contribution in [0.3, 0.4) is 0 Å². The maximum absolute atomic E-state index is 5.46. The van der Waals surface area contributed by atoms with Gasteiger partial charge in [0.25, 0.3) is 0 Å². The molecule has 0 spiro atoms. The Kier molecular flexibility index (Phi) is 5.64. The monoisotopic (exact) mass is 285 g/mol. The van der Waals surface area contributed by atoms with Gasteiger partial charge in [0.05, 0.1) is 14.2 Å². The lowest BCUT2D eigenvalue weighted by Gasteiger charge is -2.20. The molecule has 0 saturated heterocycles. The molecular weight excluding hydrogens is 262 g/mol. The van der Waals surface area contributed by atoms with Gasteiger partial charge in [-0.25, -0.2) is 0 Å². The average molecular weight is 285 g/mol. The second-order valence-electron chi connectivity index (χ2n) is 4.94. The first-order valence-corrected chi connectivity index (χ1v) is 7.27. The minimum atomic E-state index is 0.271. The number of rotatable bonds is 7. The molecule has 3 nitrogen and oxygen atoms in total. The first-order chi connectivity index (χ1) is 10.3. The maximum Gasteiger partial charge on any atom is 0.123 e. The van der Waals surface area contributed by atoms with Crippen molar-refractivity contribution < 1.29 is 9.47 Å². The van der Waals surface area contributed by atoms with Gasteiger partial charge in [0, 0.05) is 18.2 Å². The Morgan fingerprint density at radius 3 is 2.52 bits per heavy atom.